The van der Waals surface area contributed by atoms with Crippen LogP contribution in [0.1, 0.15) is 21.7 Å². The molecular formula is C24H21N9O2. The second-order valence-corrected chi connectivity index (χ2v) is 7.77. The first-order valence-electron chi connectivity index (χ1n) is 10.7. The second kappa shape index (κ2) is 9.43. The van der Waals surface area contributed by atoms with E-state index in [-0.39, 0.29) is 23.9 Å². The molecule has 5 aromatic rings. The molecule has 3 N–H and O–H groups in total. The number of hydrazone groups is 1. The molecule has 2 heterocycles. The smallest absolute Gasteiger partial charge is 0.293 e. The van der Waals surface area contributed by atoms with Crippen LogP contribution in [0.25, 0.3) is 16.6 Å². The Morgan fingerprint density at radius 3 is 2.63 bits per heavy atom. The maximum atomic E-state index is 13.0. The summed E-state index contributed by atoms with van der Waals surface area (Å²) in [6.45, 7) is 0.278. The van der Waals surface area contributed by atoms with Gasteiger partial charge in [0.15, 0.2) is 5.69 Å². The molecule has 0 spiro atoms. The van der Waals surface area contributed by atoms with Crippen molar-refractivity contribution in [2.45, 2.75) is 6.54 Å². The van der Waals surface area contributed by atoms with E-state index >= 15 is 0 Å². The molecule has 0 fully saturated rings. The lowest BCUT2D eigenvalue weighted by atomic mass is 10.1. The predicted molar refractivity (Wildman–Crippen MR) is 131 cm³/mol. The highest BCUT2D eigenvalue weighted by Crippen LogP contribution is 2.20. The number of carbonyl (C=O) groups excluding carboxylic acids is 1. The number of carbonyl (C=O) groups is 1. The normalized spacial score (nSPS) is 11.2. The van der Waals surface area contributed by atoms with Crippen LogP contribution in [-0.2, 0) is 6.54 Å². The van der Waals surface area contributed by atoms with Crippen molar-refractivity contribution >= 4 is 34.4 Å². The number of anilines is 2. The van der Waals surface area contributed by atoms with Gasteiger partial charge in [-0.3, -0.25) is 4.79 Å². The Labute approximate surface area is 199 Å². The quantitative estimate of drug-likeness (QED) is 0.275. The third kappa shape index (κ3) is 4.55. The van der Waals surface area contributed by atoms with E-state index in [0.717, 1.165) is 22.0 Å². The molecule has 0 saturated heterocycles. The molecule has 0 atom stereocenters. The van der Waals surface area contributed by atoms with Gasteiger partial charge in [0.05, 0.1) is 18.5 Å². The van der Waals surface area contributed by atoms with Crippen LogP contribution in [0.2, 0.25) is 0 Å². The number of nitrogen functional groups attached to an aromatic ring is 1. The Morgan fingerprint density at radius 1 is 1.09 bits per heavy atom. The summed E-state index contributed by atoms with van der Waals surface area (Å²) in [5.41, 5.74) is 10.7. The third-order valence-electron chi connectivity index (χ3n) is 5.41. The Kier molecular flexibility index (Phi) is 5.87. The van der Waals surface area contributed by atoms with E-state index in [1.54, 1.807) is 6.21 Å². The fraction of sp³-hybridized carbons (Fsp3) is 0.0833. The first-order chi connectivity index (χ1) is 17.1. The predicted octanol–water partition coefficient (Wildman–Crippen LogP) is 2.79. The number of nitrogens with one attached hydrogen (secondary N) is 1. The molecule has 11 heteroatoms. The molecule has 3 aromatic carbocycles. The van der Waals surface area contributed by atoms with Crippen LogP contribution in [0.15, 0.2) is 82.5 Å². The minimum Gasteiger partial charge on any atom is -0.378 e. The number of nitrogens with two attached hydrogens (primary N) is 1. The number of aromatic nitrogens is 5. The summed E-state index contributed by atoms with van der Waals surface area (Å²) in [5.74, 6) is -0.354. The van der Waals surface area contributed by atoms with E-state index in [0.29, 0.717) is 5.69 Å². The Morgan fingerprint density at radius 2 is 1.86 bits per heavy atom. The molecule has 0 aliphatic carbocycles. The maximum Gasteiger partial charge on any atom is 0.293 e. The zero-order valence-electron chi connectivity index (χ0n) is 18.7. The molecule has 35 heavy (non-hydrogen) atoms. The van der Waals surface area contributed by atoms with Crippen molar-refractivity contribution in [3.8, 4) is 5.82 Å². The van der Waals surface area contributed by atoms with Crippen LogP contribution in [0.4, 0.5) is 11.5 Å². The molecule has 0 saturated carbocycles. The zero-order valence-corrected chi connectivity index (χ0v) is 18.7. The van der Waals surface area contributed by atoms with Gasteiger partial charge < -0.3 is 10.6 Å². The third-order valence-corrected chi connectivity index (χ3v) is 5.41. The summed E-state index contributed by atoms with van der Waals surface area (Å²) in [6, 6.07) is 23.6. The standard InChI is InChI=1S/C24H21N9O2/c1-32(19-9-3-2-4-10-19)15-20-21(27-31-33(20)23-22(25)29-35-30-23)24(34)28-26-14-16-11-12-17-7-5-6-8-18(17)13-16/h2-14H,15H2,1H3,(H2,25,29)(H,28,34)/b26-14-. The number of hydrogen-bond acceptors (Lipinski definition) is 9. The first kappa shape index (κ1) is 21.8. The summed E-state index contributed by atoms with van der Waals surface area (Å²) in [7, 11) is 1.89. The number of para-hydroxylation sites is 1. The molecule has 2 aromatic heterocycles. The summed E-state index contributed by atoms with van der Waals surface area (Å²) in [6.07, 6.45) is 1.57. The van der Waals surface area contributed by atoms with Crippen molar-refractivity contribution in [1.29, 1.82) is 0 Å². The molecule has 0 aliphatic rings. The highest BCUT2D eigenvalue weighted by Gasteiger charge is 2.25. The van der Waals surface area contributed by atoms with Gasteiger partial charge in [-0.2, -0.15) is 9.78 Å². The topological polar surface area (TPSA) is 140 Å². The lowest BCUT2D eigenvalue weighted by Crippen LogP contribution is -2.24. The molecule has 5 rings (SSSR count). The number of benzene rings is 3. The lowest BCUT2D eigenvalue weighted by molar-refractivity contribution is 0.0949. The van der Waals surface area contributed by atoms with E-state index in [1.807, 2.05) is 84.7 Å². The lowest BCUT2D eigenvalue weighted by Gasteiger charge is -2.19. The molecule has 0 radical (unpaired) electrons. The largest absolute Gasteiger partial charge is 0.378 e. The van der Waals surface area contributed by atoms with E-state index in [4.69, 9.17) is 10.4 Å². The Bertz CT molecular complexity index is 1510. The molecule has 0 bridgehead atoms. The van der Waals surface area contributed by atoms with Crippen molar-refractivity contribution in [3.63, 3.8) is 0 Å². The summed E-state index contributed by atoms with van der Waals surface area (Å²) in [4.78, 5) is 14.9. The van der Waals surface area contributed by atoms with Gasteiger partial charge in [-0.25, -0.2) is 10.1 Å². The molecule has 11 nitrogen and oxygen atoms in total. The summed E-state index contributed by atoms with van der Waals surface area (Å²) < 4.78 is 6.05. The minimum atomic E-state index is -0.528. The van der Waals surface area contributed by atoms with Crippen LogP contribution in [0.3, 0.4) is 0 Å². The summed E-state index contributed by atoms with van der Waals surface area (Å²) in [5, 5.41) is 21.8. The number of nitrogens with zero attached hydrogens (tertiary/aromatic N) is 7. The second-order valence-electron chi connectivity index (χ2n) is 7.77. The Hall–Kier alpha value is -5.06. The van der Waals surface area contributed by atoms with Gasteiger partial charge >= 0.3 is 0 Å². The van der Waals surface area contributed by atoms with E-state index in [2.05, 4.69) is 31.2 Å². The van der Waals surface area contributed by atoms with Crippen LogP contribution >= 0.6 is 0 Å². The number of fused-ring (bicyclic) bond motifs is 1. The minimum absolute atomic E-state index is 0.0276. The van der Waals surface area contributed by atoms with Crippen LogP contribution < -0.4 is 16.1 Å². The fourth-order valence-corrected chi connectivity index (χ4v) is 3.63. The van der Waals surface area contributed by atoms with Crippen LogP contribution in [0, 0.1) is 0 Å². The van der Waals surface area contributed by atoms with Crippen LogP contribution in [0.5, 0.6) is 0 Å². The Balaban J connectivity index is 1.40. The van der Waals surface area contributed by atoms with Crippen molar-refractivity contribution in [2.24, 2.45) is 5.10 Å². The van der Waals surface area contributed by atoms with Gasteiger partial charge in [-0.1, -0.05) is 59.8 Å². The molecule has 1 amide bonds. The van der Waals surface area contributed by atoms with E-state index in [1.165, 1.54) is 4.68 Å². The average molecular weight is 467 g/mol. The molecule has 0 aliphatic heterocycles. The molecule has 0 unspecified atom stereocenters. The monoisotopic (exact) mass is 467 g/mol. The number of amides is 1. The van der Waals surface area contributed by atoms with Crippen molar-refractivity contribution < 1.29 is 9.42 Å². The number of hydrogen-bond donors (Lipinski definition) is 2. The summed E-state index contributed by atoms with van der Waals surface area (Å²) >= 11 is 0. The van der Waals surface area contributed by atoms with Gasteiger partial charge in [0.2, 0.25) is 11.6 Å². The highest BCUT2D eigenvalue weighted by molar-refractivity contribution is 5.95. The van der Waals surface area contributed by atoms with Crippen molar-refractivity contribution in [1.82, 2.24) is 30.7 Å². The van der Waals surface area contributed by atoms with E-state index in [9.17, 15) is 4.79 Å². The zero-order chi connectivity index (χ0) is 24.2. The van der Waals surface area contributed by atoms with Gasteiger partial charge in [0.25, 0.3) is 5.91 Å². The van der Waals surface area contributed by atoms with E-state index < -0.39 is 5.91 Å². The maximum absolute atomic E-state index is 13.0. The van der Waals surface area contributed by atoms with Crippen molar-refractivity contribution in [3.05, 3.63) is 89.7 Å². The SMILES string of the molecule is CN(Cc1c(C(=O)N/N=C\c2ccc3ccccc3c2)nnn1-c1nonc1N)c1ccccc1. The molecule has 174 valence electrons. The van der Waals surface area contributed by atoms with Gasteiger partial charge in [0.1, 0.15) is 0 Å². The van der Waals surface area contributed by atoms with Gasteiger partial charge in [-0.05, 0) is 44.8 Å². The fourth-order valence-electron chi connectivity index (χ4n) is 3.63. The van der Waals surface area contributed by atoms with Crippen LogP contribution in [-0.4, -0.2) is 44.5 Å². The van der Waals surface area contributed by atoms with Crippen molar-refractivity contribution in [2.75, 3.05) is 17.7 Å². The highest BCUT2D eigenvalue weighted by atomic mass is 16.6. The average Bonchev–Trinajstić information content (AvgIpc) is 3.50. The first-order valence-corrected chi connectivity index (χ1v) is 10.7. The molecular weight excluding hydrogens is 446 g/mol. The van der Waals surface area contributed by atoms with Gasteiger partial charge in [-0.15, -0.1) is 5.10 Å². The van der Waals surface area contributed by atoms with Gasteiger partial charge in [0, 0.05) is 12.7 Å². The number of rotatable bonds is 7.